The molecule has 6 nitrogen and oxygen atoms in total. The maximum atomic E-state index is 12.3. The van der Waals surface area contributed by atoms with E-state index in [4.69, 9.17) is 0 Å². The standard InChI is InChI=1S/C21H21N3O3/c1-14-4-9-18-17(12-14)20(2,3)21(22-19(25)13-23(18)21)11-10-15-5-7-16(8-6-15)24(26)27/h4-12H,13H2,1-3H3,(H,22,25). The number of benzene rings is 2. The predicted molar refractivity (Wildman–Crippen MR) is 105 cm³/mol. The van der Waals surface area contributed by atoms with Crippen LogP contribution in [0.1, 0.15) is 30.5 Å². The third-order valence-electron chi connectivity index (χ3n) is 5.75. The molecule has 2 aromatic carbocycles. The molecule has 1 amide bonds. The third kappa shape index (κ3) is 2.44. The Morgan fingerprint density at radius 2 is 1.89 bits per heavy atom. The first-order valence-electron chi connectivity index (χ1n) is 8.88. The highest BCUT2D eigenvalue weighted by Gasteiger charge is 2.59. The summed E-state index contributed by atoms with van der Waals surface area (Å²) in [6.07, 6.45) is 3.93. The summed E-state index contributed by atoms with van der Waals surface area (Å²) in [6.45, 7) is 6.65. The summed E-state index contributed by atoms with van der Waals surface area (Å²) in [7, 11) is 0. The monoisotopic (exact) mass is 363 g/mol. The lowest BCUT2D eigenvalue weighted by Gasteiger charge is -2.40. The molecule has 0 aromatic heterocycles. The minimum atomic E-state index is -0.665. The molecule has 138 valence electrons. The summed E-state index contributed by atoms with van der Waals surface area (Å²) in [5.41, 5.74) is 3.36. The number of carbonyl (C=O) groups excluding carboxylic acids is 1. The molecule has 0 saturated carbocycles. The molecule has 6 heteroatoms. The summed E-state index contributed by atoms with van der Waals surface area (Å²) in [4.78, 5) is 24.8. The lowest BCUT2D eigenvalue weighted by atomic mass is 9.75. The van der Waals surface area contributed by atoms with Crippen LogP contribution in [0.5, 0.6) is 0 Å². The van der Waals surface area contributed by atoms with E-state index in [-0.39, 0.29) is 17.0 Å². The Morgan fingerprint density at radius 1 is 1.19 bits per heavy atom. The zero-order chi connectivity index (χ0) is 19.4. The zero-order valence-corrected chi connectivity index (χ0v) is 15.5. The van der Waals surface area contributed by atoms with Gasteiger partial charge in [0.25, 0.3) is 5.69 Å². The van der Waals surface area contributed by atoms with Crippen molar-refractivity contribution in [3.63, 3.8) is 0 Å². The fraction of sp³-hybridized carbons (Fsp3) is 0.286. The van der Waals surface area contributed by atoms with Crippen LogP contribution in [0.25, 0.3) is 6.08 Å². The van der Waals surface area contributed by atoms with Gasteiger partial charge in [0.2, 0.25) is 5.91 Å². The molecule has 1 atom stereocenters. The summed E-state index contributed by atoms with van der Waals surface area (Å²) in [5, 5.41) is 14.0. The SMILES string of the molecule is Cc1ccc2c(c1)C(C)(C)C1(C=Cc3ccc([N+](=O)[O-])cc3)NC(=O)CN21. The van der Waals surface area contributed by atoms with Crippen molar-refractivity contribution >= 4 is 23.4 Å². The molecule has 2 aromatic rings. The van der Waals surface area contributed by atoms with E-state index in [0.717, 1.165) is 11.3 Å². The smallest absolute Gasteiger partial charge is 0.269 e. The van der Waals surface area contributed by atoms with Crippen LogP contribution in [0.2, 0.25) is 0 Å². The number of non-ortho nitro benzene ring substituents is 1. The summed E-state index contributed by atoms with van der Waals surface area (Å²) < 4.78 is 0. The summed E-state index contributed by atoms with van der Waals surface area (Å²) >= 11 is 0. The number of aryl methyl sites for hydroxylation is 1. The average molecular weight is 363 g/mol. The van der Waals surface area contributed by atoms with Gasteiger partial charge in [-0.2, -0.15) is 0 Å². The van der Waals surface area contributed by atoms with Gasteiger partial charge < -0.3 is 10.2 Å². The van der Waals surface area contributed by atoms with Crippen molar-refractivity contribution in [2.45, 2.75) is 31.8 Å². The Labute approximate surface area is 157 Å². The van der Waals surface area contributed by atoms with Crippen molar-refractivity contribution in [1.82, 2.24) is 5.32 Å². The van der Waals surface area contributed by atoms with Gasteiger partial charge >= 0.3 is 0 Å². The van der Waals surface area contributed by atoms with Crippen LogP contribution in [0.3, 0.4) is 0 Å². The highest BCUT2D eigenvalue weighted by molar-refractivity contribution is 5.91. The fourth-order valence-corrected chi connectivity index (χ4v) is 4.21. The normalized spacial score (nSPS) is 22.6. The quantitative estimate of drug-likeness (QED) is 0.668. The van der Waals surface area contributed by atoms with Crippen molar-refractivity contribution in [3.8, 4) is 0 Å². The molecule has 2 heterocycles. The zero-order valence-electron chi connectivity index (χ0n) is 15.5. The first-order chi connectivity index (χ1) is 12.7. The number of nitrogens with one attached hydrogen (secondary N) is 1. The first kappa shape index (κ1) is 17.3. The molecule has 1 saturated heterocycles. The van der Waals surface area contributed by atoms with E-state index in [1.165, 1.54) is 23.3 Å². The predicted octanol–water partition coefficient (Wildman–Crippen LogP) is 3.54. The molecule has 4 rings (SSSR count). The molecule has 0 radical (unpaired) electrons. The second-order valence-corrected chi connectivity index (χ2v) is 7.73. The van der Waals surface area contributed by atoms with Crippen LogP contribution in [-0.4, -0.2) is 23.0 Å². The van der Waals surface area contributed by atoms with E-state index in [2.05, 4.69) is 49.2 Å². The second-order valence-electron chi connectivity index (χ2n) is 7.73. The maximum Gasteiger partial charge on any atom is 0.269 e. The van der Waals surface area contributed by atoms with Gasteiger partial charge in [0.05, 0.1) is 11.5 Å². The second kappa shape index (κ2) is 5.67. The molecule has 27 heavy (non-hydrogen) atoms. The molecule has 1 N–H and O–H groups in total. The number of nitro benzene ring substituents is 1. The number of nitro groups is 1. The first-order valence-corrected chi connectivity index (χ1v) is 8.88. The number of hydrogen-bond acceptors (Lipinski definition) is 4. The number of rotatable bonds is 3. The van der Waals surface area contributed by atoms with Crippen LogP contribution in [-0.2, 0) is 10.2 Å². The summed E-state index contributed by atoms with van der Waals surface area (Å²) in [6, 6.07) is 12.7. The maximum absolute atomic E-state index is 12.3. The number of nitrogens with zero attached hydrogens (tertiary/aromatic N) is 2. The van der Waals surface area contributed by atoms with Crippen molar-refractivity contribution in [2.75, 3.05) is 11.4 Å². The van der Waals surface area contributed by atoms with Gasteiger partial charge in [-0.25, -0.2) is 0 Å². The molecule has 0 spiro atoms. The Hall–Kier alpha value is -3.15. The van der Waals surface area contributed by atoms with Gasteiger partial charge in [0.15, 0.2) is 0 Å². The topological polar surface area (TPSA) is 75.5 Å². The van der Waals surface area contributed by atoms with E-state index in [1.807, 2.05) is 12.2 Å². The van der Waals surface area contributed by atoms with Crippen LogP contribution in [0.4, 0.5) is 11.4 Å². The van der Waals surface area contributed by atoms with Crippen LogP contribution >= 0.6 is 0 Å². The van der Waals surface area contributed by atoms with Crippen molar-refractivity contribution in [1.29, 1.82) is 0 Å². The number of anilines is 1. The van der Waals surface area contributed by atoms with Gasteiger partial charge in [-0.15, -0.1) is 0 Å². The van der Waals surface area contributed by atoms with Crippen LogP contribution < -0.4 is 10.2 Å². The number of fused-ring (bicyclic) bond motifs is 3. The van der Waals surface area contributed by atoms with Crippen LogP contribution in [0, 0.1) is 17.0 Å². The Bertz CT molecular complexity index is 979. The molecule has 2 aliphatic rings. The van der Waals surface area contributed by atoms with Gasteiger partial charge in [0, 0.05) is 23.2 Å². The molecule has 1 unspecified atom stereocenters. The largest absolute Gasteiger partial charge is 0.335 e. The number of carbonyl (C=O) groups is 1. The summed E-state index contributed by atoms with van der Waals surface area (Å²) in [5.74, 6) is -0.0114. The van der Waals surface area contributed by atoms with E-state index >= 15 is 0 Å². The van der Waals surface area contributed by atoms with Crippen LogP contribution in [0.15, 0.2) is 48.5 Å². The highest BCUT2D eigenvalue weighted by atomic mass is 16.6. The minimum Gasteiger partial charge on any atom is -0.335 e. The lowest BCUT2D eigenvalue weighted by molar-refractivity contribution is -0.384. The Morgan fingerprint density at radius 3 is 2.56 bits per heavy atom. The number of amides is 1. The van der Waals surface area contributed by atoms with Gasteiger partial charge in [-0.05, 0) is 42.3 Å². The molecule has 0 bridgehead atoms. The minimum absolute atomic E-state index is 0.0114. The molecular formula is C21H21N3O3. The van der Waals surface area contributed by atoms with Gasteiger partial charge in [0.1, 0.15) is 5.66 Å². The molecular weight excluding hydrogens is 342 g/mol. The van der Waals surface area contributed by atoms with Crippen molar-refractivity contribution in [3.05, 3.63) is 75.3 Å². The average Bonchev–Trinajstić information content (AvgIpc) is 3.05. The Kier molecular flexibility index (Phi) is 3.63. The molecule has 1 fully saturated rings. The molecule has 0 aliphatic carbocycles. The Balaban J connectivity index is 1.77. The van der Waals surface area contributed by atoms with Crippen molar-refractivity contribution in [2.24, 2.45) is 0 Å². The van der Waals surface area contributed by atoms with Crippen molar-refractivity contribution < 1.29 is 9.72 Å². The van der Waals surface area contributed by atoms with Gasteiger partial charge in [-0.1, -0.05) is 37.6 Å². The van der Waals surface area contributed by atoms with E-state index < -0.39 is 10.6 Å². The van der Waals surface area contributed by atoms with E-state index in [9.17, 15) is 14.9 Å². The highest BCUT2D eigenvalue weighted by Crippen LogP contribution is 2.53. The lowest BCUT2D eigenvalue weighted by Crippen LogP contribution is -2.58. The fourth-order valence-electron chi connectivity index (χ4n) is 4.21. The third-order valence-corrected chi connectivity index (χ3v) is 5.75. The van der Waals surface area contributed by atoms with E-state index in [0.29, 0.717) is 6.54 Å². The van der Waals surface area contributed by atoms with Gasteiger partial charge in [-0.3, -0.25) is 14.9 Å². The molecule has 2 aliphatic heterocycles. The number of hydrogen-bond donors (Lipinski definition) is 1. The van der Waals surface area contributed by atoms with E-state index in [1.54, 1.807) is 12.1 Å².